The molecule has 2 aliphatic heterocycles. The van der Waals surface area contributed by atoms with E-state index in [4.69, 9.17) is 0 Å². The molecule has 0 saturated carbocycles. The summed E-state index contributed by atoms with van der Waals surface area (Å²) in [5.41, 5.74) is 4.48. The first-order valence-corrected chi connectivity index (χ1v) is 8.36. The van der Waals surface area contributed by atoms with Gasteiger partial charge in [-0.3, -0.25) is 9.69 Å². The molecular weight excluding hydrogens is 284 g/mol. The highest BCUT2D eigenvalue weighted by atomic mass is 16.2. The van der Waals surface area contributed by atoms with Crippen LogP contribution in [0.3, 0.4) is 0 Å². The third-order valence-corrected chi connectivity index (χ3v) is 5.33. The van der Waals surface area contributed by atoms with Crippen molar-refractivity contribution in [3.05, 3.63) is 65.2 Å². The van der Waals surface area contributed by atoms with Gasteiger partial charge >= 0.3 is 0 Å². The van der Waals surface area contributed by atoms with Gasteiger partial charge in [-0.15, -0.1) is 0 Å². The Labute approximate surface area is 137 Å². The third-order valence-electron chi connectivity index (χ3n) is 5.33. The van der Waals surface area contributed by atoms with E-state index in [1.54, 1.807) is 0 Å². The lowest BCUT2D eigenvalue weighted by Crippen LogP contribution is -2.46. The summed E-state index contributed by atoms with van der Waals surface area (Å²) < 4.78 is 0. The topological polar surface area (TPSA) is 32.3 Å². The molecule has 1 amide bonds. The first-order chi connectivity index (χ1) is 11.2. The quantitative estimate of drug-likeness (QED) is 0.921. The fraction of sp³-hybridized carbons (Fsp3) is 0.350. The van der Waals surface area contributed by atoms with Crippen molar-refractivity contribution in [3.63, 3.8) is 0 Å². The zero-order valence-electron chi connectivity index (χ0n) is 13.5. The second-order valence-corrected chi connectivity index (χ2v) is 6.85. The van der Waals surface area contributed by atoms with Gasteiger partial charge in [-0.1, -0.05) is 48.0 Å². The van der Waals surface area contributed by atoms with Gasteiger partial charge < -0.3 is 5.32 Å². The first kappa shape index (κ1) is 14.5. The van der Waals surface area contributed by atoms with Gasteiger partial charge in [-0.25, -0.2) is 0 Å². The Morgan fingerprint density at radius 3 is 2.57 bits per heavy atom. The maximum absolute atomic E-state index is 12.7. The average molecular weight is 306 g/mol. The van der Waals surface area contributed by atoms with E-state index in [-0.39, 0.29) is 11.3 Å². The van der Waals surface area contributed by atoms with Gasteiger partial charge in [0.05, 0.1) is 5.41 Å². The third kappa shape index (κ3) is 2.45. The highest BCUT2D eigenvalue weighted by Gasteiger charge is 2.48. The predicted molar refractivity (Wildman–Crippen MR) is 92.4 cm³/mol. The normalized spacial score (nSPS) is 19.6. The lowest BCUT2D eigenvalue weighted by Gasteiger charge is -2.38. The number of nitrogens with one attached hydrogen (secondary N) is 1. The summed E-state index contributed by atoms with van der Waals surface area (Å²) in [6.45, 7) is 5.01. The Bertz CT molecular complexity index is 731. The van der Waals surface area contributed by atoms with Crippen LogP contribution in [0.2, 0.25) is 0 Å². The van der Waals surface area contributed by atoms with Crippen LogP contribution < -0.4 is 5.32 Å². The van der Waals surface area contributed by atoms with Gasteiger partial charge in [0.25, 0.3) is 0 Å². The van der Waals surface area contributed by atoms with E-state index in [0.717, 1.165) is 38.2 Å². The molecule has 0 aliphatic carbocycles. The SMILES string of the molecule is Cc1ccc2c(c1)C1(CCN(Cc3ccccc3)CC1)C(=O)N2. The number of anilines is 1. The minimum Gasteiger partial charge on any atom is -0.325 e. The molecular formula is C20H22N2O. The number of carbonyl (C=O) groups is 1. The average Bonchev–Trinajstić information content (AvgIpc) is 2.83. The summed E-state index contributed by atoms with van der Waals surface area (Å²) in [5.74, 6) is 0.192. The Morgan fingerprint density at radius 2 is 1.83 bits per heavy atom. The van der Waals surface area contributed by atoms with Gasteiger partial charge in [0.1, 0.15) is 0 Å². The summed E-state index contributed by atoms with van der Waals surface area (Å²) in [6.07, 6.45) is 1.81. The van der Waals surface area contributed by atoms with Crippen molar-refractivity contribution >= 4 is 11.6 Å². The van der Waals surface area contributed by atoms with Gasteiger partial charge in [-0.2, -0.15) is 0 Å². The molecule has 3 heteroatoms. The van der Waals surface area contributed by atoms with Crippen molar-refractivity contribution in [2.24, 2.45) is 0 Å². The number of aryl methyl sites for hydroxylation is 1. The van der Waals surface area contributed by atoms with Crippen LogP contribution in [0.1, 0.15) is 29.5 Å². The molecule has 2 aliphatic rings. The number of carbonyl (C=O) groups excluding carboxylic acids is 1. The van der Waals surface area contributed by atoms with Crippen molar-refractivity contribution in [2.45, 2.75) is 31.7 Å². The van der Waals surface area contributed by atoms with Gasteiger partial charge in [0.2, 0.25) is 5.91 Å². The second kappa shape index (κ2) is 5.50. The first-order valence-electron chi connectivity index (χ1n) is 8.36. The summed E-state index contributed by atoms with van der Waals surface area (Å²) >= 11 is 0. The predicted octanol–water partition coefficient (Wildman–Crippen LogP) is 3.48. The Balaban J connectivity index is 1.53. The molecule has 2 heterocycles. The van der Waals surface area contributed by atoms with Crippen molar-refractivity contribution in [1.82, 2.24) is 4.90 Å². The van der Waals surface area contributed by atoms with Crippen LogP contribution in [-0.2, 0) is 16.8 Å². The van der Waals surface area contributed by atoms with Crippen molar-refractivity contribution in [2.75, 3.05) is 18.4 Å². The van der Waals surface area contributed by atoms with E-state index in [9.17, 15) is 4.79 Å². The number of rotatable bonds is 2. The molecule has 1 fully saturated rings. The number of nitrogens with zero attached hydrogens (tertiary/aromatic N) is 1. The number of fused-ring (bicyclic) bond motifs is 2. The molecule has 4 rings (SSSR count). The second-order valence-electron chi connectivity index (χ2n) is 6.85. The van der Waals surface area contributed by atoms with E-state index in [0.29, 0.717) is 0 Å². The van der Waals surface area contributed by atoms with E-state index in [1.807, 2.05) is 6.07 Å². The number of hydrogen-bond acceptors (Lipinski definition) is 2. The number of benzene rings is 2. The largest absolute Gasteiger partial charge is 0.325 e. The van der Waals surface area contributed by atoms with Gasteiger partial charge in [-0.05, 0) is 50.0 Å². The zero-order valence-corrected chi connectivity index (χ0v) is 13.5. The summed E-state index contributed by atoms with van der Waals surface area (Å²) in [4.78, 5) is 15.1. The fourth-order valence-electron chi connectivity index (χ4n) is 3.96. The van der Waals surface area contributed by atoms with E-state index in [1.165, 1.54) is 16.7 Å². The number of amides is 1. The molecule has 118 valence electrons. The number of likely N-dealkylation sites (tertiary alicyclic amines) is 1. The van der Waals surface area contributed by atoms with E-state index in [2.05, 4.69) is 59.6 Å². The highest BCUT2D eigenvalue weighted by molar-refractivity contribution is 6.06. The maximum atomic E-state index is 12.7. The minimum atomic E-state index is -0.311. The lowest BCUT2D eigenvalue weighted by molar-refractivity contribution is -0.122. The summed E-state index contributed by atoms with van der Waals surface area (Å²) in [7, 11) is 0. The van der Waals surface area contributed by atoms with Crippen LogP contribution in [0, 0.1) is 6.92 Å². The fourth-order valence-corrected chi connectivity index (χ4v) is 3.96. The van der Waals surface area contributed by atoms with Crippen molar-refractivity contribution < 1.29 is 4.79 Å². The van der Waals surface area contributed by atoms with Crippen molar-refractivity contribution in [3.8, 4) is 0 Å². The number of hydrogen-bond donors (Lipinski definition) is 1. The van der Waals surface area contributed by atoms with Crippen LogP contribution in [0.5, 0.6) is 0 Å². The maximum Gasteiger partial charge on any atom is 0.235 e. The number of piperidine rings is 1. The monoisotopic (exact) mass is 306 g/mol. The lowest BCUT2D eigenvalue weighted by atomic mass is 9.73. The Morgan fingerprint density at radius 1 is 1.09 bits per heavy atom. The molecule has 0 atom stereocenters. The van der Waals surface area contributed by atoms with Gasteiger partial charge in [0.15, 0.2) is 0 Å². The zero-order chi connectivity index (χ0) is 15.9. The van der Waals surface area contributed by atoms with Crippen LogP contribution in [0.25, 0.3) is 0 Å². The summed E-state index contributed by atoms with van der Waals surface area (Å²) in [5, 5.41) is 3.09. The Kier molecular flexibility index (Phi) is 3.46. The van der Waals surface area contributed by atoms with Crippen molar-refractivity contribution in [1.29, 1.82) is 0 Å². The molecule has 1 saturated heterocycles. The smallest absolute Gasteiger partial charge is 0.235 e. The van der Waals surface area contributed by atoms with E-state index >= 15 is 0 Å². The summed E-state index contributed by atoms with van der Waals surface area (Å²) in [6, 6.07) is 16.9. The molecule has 0 aromatic heterocycles. The minimum absolute atomic E-state index is 0.192. The van der Waals surface area contributed by atoms with Crippen LogP contribution in [0.15, 0.2) is 48.5 Å². The van der Waals surface area contributed by atoms with E-state index < -0.39 is 0 Å². The van der Waals surface area contributed by atoms with Crippen LogP contribution in [-0.4, -0.2) is 23.9 Å². The molecule has 0 unspecified atom stereocenters. The van der Waals surface area contributed by atoms with Crippen LogP contribution in [0.4, 0.5) is 5.69 Å². The van der Waals surface area contributed by atoms with Crippen LogP contribution >= 0.6 is 0 Å². The molecule has 0 bridgehead atoms. The molecule has 2 aromatic rings. The van der Waals surface area contributed by atoms with Gasteiger partial charge in [0, 0.05) is 12.2 Å². The molecule has 1 N–H and O–H groups in total. The molecule has 3 nitrogen and oxygen atoms in total. The Hall–Kier alpha value is -2.13. The molecule has 0 radical (unpaired) electrons. The standard InChI is InChI=1S/C20H22N2O/c1-15-7-8-18-17(13-15)20(19(23)21-18)9-11-22(12-10-20)14-16-5-3-2-4-6-16/h2-8,13H,9-12,14H2,1H3,(H,21,23). The highest BCUT2D eigenvalue weighted by Crippen LogP contribution is 2.45. The molecule has 1 spiro atoms. The molecule has 23 heavy (non-hydrogen) atoms. The molecule has 2 aromatic carbocycles.